The van der Waals surface area contributed by atoms with Crippen LogP contribution < -0.4 is 9.47 Å². The molecule has 0 bridgehead atoms. The van der Waals surface area contributed by atoms with E-state index >= 15 is 0 Å². The van der Waals surface area contributed by atoms with Crippen LogP contribution in [0.15, 0.2) is 42.6 Å². The molecule has 4 heteroatoms. The Morgan fingerprint density at radius 1 is 0.905 bits per heavy atom. The van der Waals surface area contributed by atoms with Crippen LogP contribution in [0.1, 0.15) is 0 Å². The Morgan fingerprint density at radius 2 is 1.67 bits per heavy atom. The molecule has 0 aliphatic rings. The number of rotatable bonds is 2. The van der Waals surface area contributed by atoms with Gasteiger partial charge in [-0.1, -0.05) is 18.2 Å². The van der Waals surface area contributed by atoms with Crippen molar-refractivity contribution in [3.63, 3.8) is 0 Å². The van der Waals surface area contributed by atoms with Crippen LogP contribution in [0.25, 0.3) is 31.1 Å². The maximum Gasteiger partial charge on any atom is 0.162 e. The number of ether oxygens (including phenoxy) is 2. The molecule has 0 aliphatic carbocycles. The lowest BCUT2D eigenvalue weighted by molar-refractivity contribution is 0.356. The molecule has 2 aromatic heterocycles. The Kier molecular flexibility index (Phi) is 2.72. The van der Waals surface area contributed by atoms with E-state index in [9.17, 15) is 0 Å². The van der Waals surface area contributed by atoms with Crippen molar-refractivity contribution in [1.29, 1.82) is 0 Å². The van der Waals surface area contributed by atoms with Gasteiger partial charge in [-0.25, -0.2) is 0 Å². The van der Waals surface area contributed by atoms with Crippen molar-refractivity contribution in [2.45, 2.75) is 0 Å². The van der Waals surface area contributed by atoms with Crippen molar-refractivity contribution in [2.24, 2.45) is 0 Å². The van der Waals surface area contributed by atoms with Crippen LogP contribution in [0.4, 0.5) is 0 Å². The SMILES string of the molecule is COc1cc2sc3cnc4ccccc4c3c2cc1OC. The van der Waals surface area contributed by atoms with Gasteiger partial charge in [0.05, 0.1) is 24.4 Å². The van der Waals surface area contributed by atoms with E-state index in [1.54, 1.807) is 25.6 Å². The molecule has 0 amide bonds. The van der Waals surface area contributed by atoms with Crippen LogP contribution in [0.2, 0.25) is 0 Å². The quantitative estimate of drug-likeness (QED) is 0.540. The number of pyridine rings is 1. The van der Waals surface area contributed by atoms with Crippen LogP contribution in [0.3, 0.4) is 0 Å². The largest absolute Gasteiger partial charge is 0.493 e. The van der Waals surface area contributed by atoms with Crippen LogP contribution in [0.5, 0.6) is 11.5 Å². The smallest absolute Gasteiger partial charge is 0.162 e. The third-order valence-corrected chi connectivity index (χ3v) is 4.80. The van der Waals surface area contributed by atoms with Crippen molar-refractivity contribution in [3.8, 4) is 11.5 Å². The zero-order valence-corrected chi connectivity index (χ0v) is 12.5. The fourth-order valence-electron chi connectivity index (χ4n) is 2.74. The average Bonchev–Trinajstić information content (AvgIpc) is 2.91. The summed E-state index contributed by atoms with van der Waals surface area (Å²) >= 11 is 1.73. The van der Waals surface area contributed by atoms with Gasteiger partial charge in [0.2, 0.25) is 0 Å². The van der Waals surface area contributed by atoms with E-state index in [-0.39, 0.29) is 0 Å². The van der Waals surface area contributed by atoms with Gasteiger partial charge < -0.3 is 9.47 Å². The maximum atomic E-state index is 5.44. The Balaban J connectivity index is 2.21. The van der Waals surface area contributed by atoms with Gasteiger partial charge in [0, 0.05) is 33.1 Å². The first-order valence-corrected chi connectivity index (χ1v) is 7.45. The summed E-state index contributed by atoms with van der Waals surface area (Å²) in [5.41, 5.74) is 1.01. The van der Waals surface area contributed by atoms with E-state index < -0.39 is 0 Å². The van der Waals surface area contributed by atoms with Gasteiger partial charge in [-0.05, 0) is 12.1 Å². The number of para-hydroxylation sites is 1. The van der Waals surface area contributed by atoms with E-state index in [1.807, 2.05) is 30.5 Å². The number of aromatic nitrogens is 1. The molecule has 0 aliphatic heterocycles. The molecule has 0 fully saturated rings. The van der Waals surface area contributed by atoms with Crippen LogP contribution >= 0.6 is 11.3 Å². The zero-order chi connectivity index (χ0) is 14.4. The van der Waals surface area contributed by atoms with E-state index in [0.717, 1.165) is 17.0 Å². The van der Waals surface area contributed by atoms with Gasteiger partial charge in [-0.2, -0.15) is 0 Å². The maximum absolute atomic E-state index is 5.44. The van der Waals surface area contributed by atoms with E-state index in [4.69, 9.17) is 9.47 Å². The van der Waals surface area contributed by atoms with Crippen LogP contribution in [-0.4, -0.2) is 19.2 Å². The van der Waals surface area contributed by atoms with E-state index in [1.165, 1.54) is 25.6 Å². The minimum atomic E-state index is 0.755. The topological polar surface area (TPSA) is 31.4 Å². The van der Waals surface area contributed by atoms with Gasteiger partial charge in [-0.15, -0.1) is 11.3 Å². The molecule has 0 saturated carbocycles. The molecule has 21 heavy (non-hydrogen) atoms. The highest BCUT2D eigenvalue weighted by atomic mass is 32.1. The fourth-order valence-corrected chi connectivity index (χ4v) is 3.84. The Labute approximate surface area is 125 Å². The number of thiophene rings is 1. The summed E-state index contributed by atoms with van der Waals surface area (Å²) in [6, 6.07) is 12.3. The van der Waals surface area contributed by atoms with Gasteiger partial charge in [0.15, 0.2) is 11.5 Å². The summed E-state index contributed by atoms with van der Waals surface area (Å²) in [5.74, 6) is 1.51. The lowest BCUT2D eigenvalue weighted by atomic mass is 10.1. The number of benzene rings is 2. The van der Waals surface area contributed by atoms with E-state index in [0.29, 0.717) is 0 Å². The fraction of sp³-hybridized carbons (Fsp3) is 0.118. The lowest BCUT2D eigenvalue weighted by Gasteiger charge is -2.07. The summed E-state index contributed by atoms with van der Waals surface area (Å²) in [6.45, 7) is 0. The molecule has 3 nitrogen and oxygen atoms in total. The number of methoxy groups -OCH3 is 2. The van der Waals surface area contributed by atoms with E-state index in [2.05, 4.69) is 17.1 Å². The van der Waals surface area contributed by atoms with Crippen LogP contribution in [-0.2, 0) is 0 Å². The number of nitrogens with zero attached hydrogens (tertiary/aromatic N) is 1. The first-order valence-electron chi connectivity index (χ1n) is 6.64. The Hall–Kier alpha value is -2.33. The molecule has 2 aromatic carbocycles. The van der Waals surface area contributed by atoms with Crippen LogP contribution in [0, 0.1) is 0 Å². The van der Waals surface area contributed by atoms with Crippen molar-refractivity contribution in [3.05, 3.63) is 42.6 Å². The molecule has 4 rings (SSSR count). The second-order valence-electron chi connectivity index (χ2n) is 4.82. The first kappa shape index (κ1) is 12.4. The predicted octanol–water partition coefficient (Wildman–Crippen LogP) is 4.62. The Morgan fingerprint density at radius 3 is 2.48 bits per heavy atom. The van der Waals surface area contributed by atoms with Gasteiger partial charge >= 0.3 is 0 Å². The molecule has 0 spiro atoms. The second kappa shape index (κ2) is 4.60. The summed E-state index contributed by atoms with van der Waals surface area (Å²) in [4.78, 5) is 4.54. The highest BCUT2D eigenvalue weighted by Gasteiger charge is 2.13. The number of hydrogen-bond acceptors (Lipinski definition) is 4. The second-order valence-corrected chi connectivity index (χ2v) is 5.90. The highest BCUT2D eigenvalue weighted by Crippen LogP contribution is 2.42. The van der Waals surface area contributed by atoms with Crippen molar-refractivity contribution >= 4 is 42.4 Å². The standard InChI is InChI=1S/C17H13NO2S/c1-19-13-7-11-15(8-14(13)20-2)21-16-9-18-12-6-4-3-5-10(12)17(11)16/h3-9H,1-2H3. The number of hydrogen-bond donors (Lipinski definition) is 0. The molecule has 0 N–H and O–H groups in total. The molecule has 104 valence electrons. The molecule has 4 aromatic rings. The molecule has 0 unspecified atom stereocenters. The first-order chi connectivity index (χ1) is 10.3. The predicted molar refractivity (Wildman–Crippen MR) is 87.7 cm³/mol. The summed E-state index contributed by atoms with van der Waals surface area (Å²) in [7, 11) is 3.33. The third kappa shape index (κ3) is 1.76. The molecular formula is C17H13NO2S. The highest BCUT2D eigenvalue weighted by molar-refractivity contribution is 7.26. The third-order valence-electron chi connectivity index (χ3n) is 3.72. The van der Waals surface area contributed by atoms with Gasteiger partial charge in [0.1, 0.15) is 0 Å². The summed E-state index contributed by atoms with van der Waals surface area (Å²) < 4.78 is 13.2. The van der Waals surface area contributed by atoms with Gasteiger partial charge in [0.25, 0.3) is 0 Å². The summed E-state index contributed by atoms with van der Waals surface area (Å²) in [5, 5.41) is 3.60. The zero-order valence-electron chi connectivity index (χ0n) is 11.7. The molecule has 0 atom stereocenters. The van der Waals surface area contributed by atoms with Crippen molar-refractivity contribution in [1.82, 2.24) is 4.98 Å². The van der Waals surface area contributed by atoms with Crippen molar-refractivity contribution in [2.75, 3.05) is 14.2 Å². The number of fused-ring (bicyclic) bond motifs is 5. The molecule has 0 radical (unpaired) electrons. The average molecular weight is 295 g/mol. The Bertz CT molecular complexity index is 975. The minimum absolute atomic E-state index is 0.755. The van der Waals surface area contributed by atoms with Gasteiger partial charge in [-0.3, -0.25) is 4.98 Å². The molecular weight excluding hydrogens is 282 g/mol. The molecule has 0 saturated heterocycles. The van der Waals surface area contributed by atoms with Crippen molar-refractivity contribution < 1.29 is 9.47 Å². The molecule has 2 heterocycles. The summed E-state index contributed by atoms with van der Waals surface area (Å²) in [6.07, 6.45) is 1.95. The monoisotopic (exact) mass is 295 g/mol. The lowest BCUT2D eigenvalue weighted by Crippen LogP contribution is -1.89. The minimum Gasteiger partial charge on any atom is -0.493 e. The normalized spacial score (nSPS) is 11.3.